The predicted octanol–water partition coefficient (Wildman–Crippen LogP) is 4.58. The van der Waals surface area contributed by atoms with Crippen LogP contribution in [-0.2, 0) is 6.54 Å². The molecule has 4 aromatic rings. The fourth-order valence-corrected chi connectivity index (χ4v) is 3.21. The quantitative estimate of drug-likeness (QED) is 0.411. The zero-order chi connectivity index (χ0) is 18.6. The number of carbonyl (C=O) groups excluding carboxylic acids is 1. The van der Waals surface area contributed by atoms with Gasteiger partial charge in [-0.2, -0.15) is 5.10 Å². The largest absolute Gasteiger partial charge is 0.380 e. The molecule has 2 heterocycles. The van der Waals surface area contributed by atoms with E-state index in [0.29, 0.717) is 17.8 Å². The van der Waals surface area contributed by atoms with Crippen molar-refractivity contribution >= 4 is 44.1 Å². The monoisotopic (exact) mass is 421 g/mol. The molecule has 6 nitrogen and oxygen atoms in total. The number of hydrogen-bond donors (Lipinski definition) is 3. The molecule has 1 amide bonds. The van der Waals surface area contributed by atoms with Crippen LogP contribution in [-0.4, -0.2) is 21.1 Å². The highest BCUT2D eigenvalue weighted by Gasteiger charge is 2.12. The number of rotatable bonds is 5. The molecule has 4 rings (SSSR count). The fraction of sp³-hybridized carbons (Fsp3) is 0.0500. The summed E-state index contributed by atoms with van der Waals surface area (Å²) in [4.78, 5) is 16.9. The normalized spacial score (nSPS) is 10.7. The zero-order valence-electron chi connectivity index (χ0n) is 14.2. The highest BCUT2D eigenvalue weighted by atomic mass is 79.9. The maximum Gasteiger partial charge on any atom is 0.257 e. The minimum atomic E-state index is -0.173. The first-order valence-corrected chi connectivity index (χ1v) is 9.16. The summed E-state index contributed by atoms with van der Waals surface area (Å²) in [5, 5.41) is 14.2. The number of nitrogens with zero attached hydrogens (tertiary/aromatic N) is 2. The van der Waals surface area contributed by atoms with Crippen molar-refractivity contribution in [3.63, 3.8) is 0 Å². The lowest BCUT2D eigenvalue weighted by Crippen LogP contribution is -2.14. The molecule has 0 radical (unpaired) electrons. The molecule has 0 unspecified atom stereocenters. The topological polar surface area (TPSA) is 82.7 Å². The van der Waals surface area contributed by atoms with Gasteiger partial charge in [-0.3, -0.25) is 9.89 Å². The Balaban J connectivity index is 1.51. The third kappa shape index (κ3) is 3.98. The second-order valence-corrected chi connectivity index (χ2v) is 6.82. The van der Waals surface area contributed by atoms with Gasteiger partial charge in [0.2, 0.25) is 0 Å². The predicted molar refractivity (Wildman–Crippen MR) is 110 cm³/mol. The third-order valence-electron chi connectivity index (χ3n) is 4.15. The molecule has 0 aliphatic carbocycles. The van der Waals surface area contributed by atoms with Crippen LogP contribution in [0.3, 0.4) is 0 Å². The van der Waals surface area contributed by atoms with Crippen LogP contribution >= 0.6 is 15.9 Å². The van der Waals surface area contributed by atoms with E-state index in [0.717, 1.165) is 26.8 Å². The summed E-state index contributed by atoms with van der Waals surface area (Å²) in [6.45, 7) is 0.589. The Morgan fingerprint density at radius 2 is 2.00 bits per heavy atom. The first kappa shape index (κ1) is 17.2. The van der Waals surface area contributed by atoms with Crippen molar-refractivity contribution in [2.45, 2.75) is 6.54 Å². The van der Waals surface area contributed by atoms with E-state index < -0.39 is 0 Å². The number of nitrogens with one attached hydrogen (secondary N) is 3. The number of anilines is 2. The Morgan fingerprint density at radius 3 is 2.89 bits per heavy atom. The van der Waals surface area contributed by atoms with Crippen LogP contribution < -0.4 is 10.6 Å². The summed E-state index contributed by atoms with van der Waals surface area (Å²) in [6, 6.07) is 17.0. The van der Waals surface area contributed by atoms with Crippen LogP contribution in [0, 0.1) is 0 Å². The molecule has 134 valence electrons. The van der Waals surface area contributed by atoms with Crippen molar-refractivity contribution in [1.82, 2.24) is 15.2 Å². The lowest BCUT2D eigenvalue weighted by molar-refractivity contribution is 0.102. The smallest absolute Gasteiger partial charge is 0.257 e. The fourth-order valence-electron chi connectivity index (χ4n) is 2.80. The van der Waals surface area contributed by atoms with Crippen molar-refractivity contribution < 1.29 is 4.79 Å². The number of aromatic nitrogens is 3. The molecule has 0 fully saturated rings. The van der Waals surface area contributed by atoms with Gasteiger partial charge in [-0.15, -0.1) is 0 Å². The molecule has 0 aliphatic rings. The van der Waals surface area contributed by atoms with Gasteiger partial charge >= 0.3 is 0 Å². The summed E-state index contributed by atoms with van der Waals surface area (Å²) in [5.41, 5.74) is 4.00. The average molecular weight is 422 g/mol. The molecule has 2 aromatic carbocycles. The lowest BCUT2D eigenvalue weighted by Gasteiger charge is -2.12. The highest BCUT2D eigenvalue weighted by Crippen LogP contribution is 2.21. The van der Waals surface area contributed by atoms with Crippen LogP contribution in [0.2, 0.25) is 0 Å². The third-order valence-corrected chi connectivity index (χ3v) is 4.58. The average Bonchev–Trinajstić information content (AvgIpc) is 3.14. The van der Waals surface area contributed by atoms with Crippen LogP contribution in [0.4, 0.5) is 11.4 Å². The summed E-state index contributed by atoms with van der Waals surface area (Å²) < 4.78 is 0.780. The van der Waals surface area contributed by atoms with E-state index in [-0.39, 0.29) is 5.91 Å². The van der Waals surface area contributed by atoms with Crippen molar-refractivity contribution in [3.05, 3.63) is 82.7 Å². The van der Waals surface area contributed by atoms with Gasteiger partial charge < -0.3 is 10.6 Å². The maximum absolute atomic E-state index is 12.8. The number of halogens is 1. The first-order valence-electron chi connectivity index (χ1n) is 8.37. The van der Waals surface area contributed by atoms with Gasteiger partial charge in [-0.25, -0.2) is 4.98 Å². The highest BCUT2D eigenvalue weighted by molar-refractivity contribution is 9.10. The van der Waals surface area contributed by atoms with Gasteiger partial charge in [-0.1, -0.05) is 12.1 Å². The Bertz CT molecular complexity index is 1110. The first-order chi connectivity index (χ1) is 13.2. The van der Waals surface area contributed by atoms with Crippen LogP contribution in [0.1, 0.15) is 15.9 Å². The zero-order valence-corrected chi connectivity index (χ0v) is 15.8. The van der Waals surface area contributed by atoms with Gasteiger partial charge in [0, 0.05) is 29.5 Å². The molecule has 0 aliphatic heterocycles. The van der Waals surface area contributed by atoms with E-state index in [2.05, 4.69) is 41.7 Å². The second kappa shape index (κ2) is 7.59. The molecule has 7 heteroatoms. The van der Waals surface area contributed by atoms with Crippen LogP contribution in [0.5, 0.6) is 0 Å². The molecule has 2 aromatic heterocycles. The molecule has 0 spiro atoms. The van der Waals surface area contributed by atoms with Crippen molar-refractivity contribution in [3.8, 4) is 0 Å². The minimum absolute atomic E-state index is 0.173. The number of carbonyl (C=O) groups is 1. The number of para-hydroxylation sites is 1. The number of pyridine rings is 1. The van der Waals surface area contributed by atoms with E-state index in [1.54, 1.807) is 18.5 Å². The molecule has 0 saturated heterocycles. The Morgan fingerprint density at radius 1 is 1.11 bits per heavy atom. The molecule has 0 atom stereocenters. The molecule has 3 N–H and O–H groups in total. The van der Waals surface area contributed by atoms with E-state index in [4.69, 9.17) is 0 Å². The lowest BCUT2D eigenvalue weighted by atomic mass is 10.1. The van der Waals surface area contributed by atoms with E-state index in [9.17, 15) is 4.79 Å². The molecule has 0 saturated carbocycles. The van der Waals surface area contributed by atoms with Crippen LogP contribution in [0.25, 0.3) is 10.9 Å². The number of amides is 1. The van der Waals surface area contributed by atoms with Gasteiger partial charge in [0.05, 0.1) is 17.3 Å². The maximum atomic E-state index is 12.8. The van der Waals surface area contributed by atoms with E-state index >= 15 is 0 Å². The van der Waals surface area contributed by atoms with Gasteiger partial charge in [0.1, 0.15) is 4.60 Å². The molecular formula is C20H16BrN5O. The van der Waals surface area contributed by atoms with Crippen LogP contribution in [0.15, 0.2) is 71.6 Å². The SMILES string of the molecule is O=C(Nc1ccc2cn[nH]c2c1)c1ccccc1NCc1ccnc(Br)c1. The number of hydrogen-bond acceptors (Lipinski definition) is 4. The van der Waals surface area contributed by atoms with E-state index in [1.165, 1.54) is 0 Å². The summed E-state index contributed by atoms with van der Waals surface area (Å²) in [7, 11) is 0. The van der Waals surface area contributed by atoms with Crippen molar-refractivity contribution in [1.29, 1.82) is 0 Å². The Hall–Kier alpha value is -3.19. The Labute approximate surface area is 164 Å². The number of H-pyrrole nitrogens is 1. The molecule has 27 heavy (non-hydrogen) atoms. The minimum Gasteiger partial charge on any atom is -0.380 e. The summed E-state index contributed by atoms with van der Waals surface area (Å²) >= 11 is 3.37. The molecule has 0 bridgehead atoms. The number of fused-ring (bicyclic) bond motifs is 1. The van der Waals surface area contributed by atoms with Gasteiger partial charge in [0.25, 0.3) is 5.91 Å². The van der Waals surface area contributed by atoms with E-state index in [1.807, 2.05) is 48.5 Å². The second-order valence-electron chi connectivity index (χ2n) is 6.01. The summed E-state index contributed by atoms with van der Waals surface area (Å²) in [5.74, 6) is -0.173. The Kier molecular flexibility index (Phi) is 4.84. The van der Waals surface area contributed by atoms with Crippen molar-refractivity contribution in [2.75, 3.05) is 10.6 Å². The van der Waals surface area contributed by atoms with Gasteiger partial charge in [-0.05, 0) is 64.0 Å². The molecular weight excluding hydrogens is 406 g/mol. The number of benzene rings is 2. The standard InChI is InChI=1S/C20H16BrN5O/c21-19-9-13(7-8-22-19)11-23-17-4-2-1-3-16(17)20(27)25-15-6-5-14-12-24-26-18(14)10-15/h1-10,12,23H,11H2,(H,24,26)(H,25,27). The van der Waals surface area contributed by atoms with Crippen molar-refractivity contribution in [2.24, 2.45) is 0 Å². The summed E-state index contributed by atoms with van der Waals surface area (Å²) in [6.07, 6.45) is 3.49. The van der Waals surface area contributed by atoms with Gasteiger partial charge in [0.15, 0.2) is 0 Å². The number of aromatic amines is 1.